The first-order chi connectivity index (χ1) is 14.1. The van der Waals surface area contributed by atoms with Gasteiger partial charge in [0.2, 0.25) is 5.91 Å². The molecule has 0 aliphatic heterocycles. The number of halogens is 1. The number of carbonyl (C=O) groups is 1. The second kappa shape index (κ2) is 8.28. The molecule has 0 aliphatic rings. The topological polar surface area (TPSA) is 73.2 Å². The van der Waals surface area contributed by atoms with Gasteiger partial charge in [-0.3, -0.25) is 14.2 Å². The van der Waals surface area contributed by atoms with Crippen molar-refractivity contribution in [2.75, 3.05) is 5.32 Å². The first-order valence-corrected chi connectivity index (χ1v) is 9.66. The Morgan fingerprint density at radius 2 is 1.62 bits per heavy atom. The summed E-state index contributed by atoms with van der Waals surface area (Å²) in [4.78, 5) is 28.7. The van der Waals surface area contributed by atoms with Crippen molar-refractivity contribution in [2.45, 2.75) is 6.54 Å². The number of carbonyl (C=O) groups excluding carboxylic acids is 1. The first-order valence-electron chi connectivity index (χ1n) is 8.86. The quantitative estimate of drug-likeness (QED) is 0.483. The zero-order valence-electron chi connectivity index (χ0n) is 15.2. The lowest BCUT2D eigenvalue weighted by Gasteiger charge is -2.11. The van der Waals surface area contributed by atoms with Gasteiger partial charge in [-0.05, 0) is 60.7 Å². The monoisotopic (exact) mass is 449 g/mol. The van der Waals surface area contributed by atoms with E-state index in [4.69, 9.17) is 4.74 Å². The minimum Gasteiger partial charge on any atom is -0.457 e. The number of nitrogens with one attached hydrogen (secondary N) is 1. The largest absolute Gasteiger partial charge is 0.457 e. The van der Waals surface area contributed by atoms with Crippen LogP contribution in [0.1, 0.15) is 0 Å². The van der Waals surface area contributed by atoms with Crippen LogP contribution in [0.3, 0.4) is 0 Å². The summed E-state index contributed by atoms with van der Waals surface area (Å²) in [5, 5.41) is 2.80. The smallest absolute Gasteiger partial charge is 0.269 e. The summed E-state index contributed by atoms with van der Waals surface area (Å²) in [6.07, 6.45) is 1.23. The van der Waals surface area contributed by atoms with E-state index in [1.165, 1.54) is 10.8 Å². The van der Waals surface area contributed by atoms with Crippen LogP contribution in [0.2, 0.25) is 0 Å². The normalized spacial score (nSPS) is 10.7. The Balaban J connectivity index is 1.44. The molecular weight excluding hydrogens is 434 g/mol. The van der Waals surface area contributed by atoms with Gasteiger partial charge in [-0.2, -0.15) is 0 Å². The molecule has 1 aromatic heterocycles. The predicted octanol–water partition coefficient (Wildman–Crippen LogP) is 4.59. The predicted molar refractivity (Wildman–Crippen MR) is 115 cm³/mol. The van der Waals surface area contributed by atoms with Gasteiger partial charge in [-0.25, -0.2) is 4.98 Å². The highest BCUT2D eigenvalue weighted by Gasteiger charge is 2.09. The van der Waals surface area contributed by atoms with E-state index in [1.54, 1.807) is 36.4 Å². The number of hydrogen-bond acceptors (Lipinski definition) is 4. The van der Waals surface area contributed by atoms with E-state index in [1.807, 2.05) is 36.4 Å². The van der Waals surface area contributed by atoms with Crippen LogP contribution in [-0.4, -0.2) is 15.5 Å². The molecule has 0 bridgehead atoms. The van der Waals surface area contributed by atoms with Gasteiger partial charge >= 0.3 is 0 Å². The molecule has 0 atom stereocenters. The molecule has 29 heavy (non-hydrogen) atoms. The fourth-order valence-electron chi connectivity index (χ4n) is 2.87. The highest BCUT2D eigenvalue weighted by atomic mass is 79.9. The fourth-order valence-corrected chi connectivity index (χ4v) is 3.13. The van der Waals surface area contributed by atoms with Gasteiger partial charge in [0.05, 0.1) is 17.2 Å². The molecule has 0 spiro atoms. The average Bonchev–Trinajstić information content (AvgIpc) is 2.73. The Kier molecular flexibility index (Phi) is 5.39. The van der Waals surface area contributed by atoms with Gasteiger partial charge in [0.25, 0.3) is 5.56 Å². The summed E-state index contributed by atoms with van der Waals surface area (Å²) < 4.78 is 8.15. The lowest BCUT2D eigenvalue weighted by molar-refractivity contribution is -0.116. The molecule has 1 amide bonds. The third-order valence-corrected chi connectivity index (χ3v) is 4.77. The summed E-state index contributed by atoms with van der Waals surface area (Å²) in [6.45, 7) is -0.0982. The minimum atomic E-state index is -0.322. The zero-order valence-corrected chi connectivity index (χ0v) is 16.8. The highest BCUT2D eigenvalue weighted by Crippen LogP contribution is 2.24. The zero-order chi connectivity index (χ0) is 20.2. The number of benzene rings is 3. The molecule has 1 N–H and O–H groups in total. The maximum absolute atomic E-state index is 12.5. The molecule has 4 rings (SSSR count). The third kappa shape index (κ3) is 4.52. The van der Waals surface area contributed by atoms with Crippen LogP contribution < -0.4 is 15.6 Å². The molecule has 0 unspecified atom stereocenters. The number of hydrogen-bond donors (Lipinski definition) is 1. The molecule has 0 saturated heterocycles. The molecular formula is C22H16BrN3O3. The second-order valence-electron chi connectivity index (χ2n) is 6.30. The van der Waals surface area contributed by atoms with Crippen LogP contribution in [0, 0.1) is 0 Å². The van der Waals surface area contributed by atoms with Gasteiger partial charge in [0, 0.05) is 10.2 Å². The maximum atomic E-state index is 12.5. The van der Waals surface area contributed by atoms with Crippen LogP contribution in [0.25, 0.3) is 11.0 Å². The van der Waals surface area contributed by atoms with Gasteiger partial charge in [-0.1, -0.05) is 28.1 Å². The van der Waals surface area contributed by atoms with Crippen LogP contribution >= 0.6 is 15.9 Å². The molecule has 0 saturated carbocycles. The molecule has 4 aromatic rings. The fraction of sp³-hybridized carbons (Fsp3) is 0.0455. The van der Waals surface area contributed by atoms with Crippen LogP contribution in [0.15, 0.2) is 88.3 Å². The Bertz CT molecular complexity index is 1220. The van der Waals surface area contributed by atoms with E-state index in [-0.39, 0.29) is 18.0 Å². The number of aromatic nitrogens is 2. The molecule has 0 fully saturated rings. The molecule has 0 aliphatic carbocycles. The number of ether oxygens (including phenoxy) is 1. The van der Waals surface area contributed by atoms with Crippen molar-refractivity contribution < 1.29 is 9.53 Å². The summed E-state index contributed by atoms with van der Waals surface area (Å²) in [5.74, 6) is 1.07. The summed E-state index contributed by atoms with van der Waals surface area (Å²) >= 11 is 3.38. The maximum Gasteiger partial charge on any atom is 0.269 e. The second-order valence-corrected chi connectivity index (χ2v) is 7.22. The Morgan fingerprint density at radius 1 is 0.966 bits per heavy atom. The molecule has 7 heteroatoms. The lowest BCUT2D eigenvalue weighted by Crippen LogP contribution is -2.27. The Labute approximate surface area is 174 Å². The van der Waals surface area contributed by atoms with E-state index in [9.17, 15) is 9.59 Å². The SMILES string of the molecule is O=C(Cn1c(=O)cnc2ccccc21)Nc1ccc(Oc2ccc(Br)cc2)cc1. The van der Waals surface area contributed by atoms with Crippen LogP contribution in [-0.2, 0) is 11.3 Å². The highest BCUT2D eigenvalue weighted by molar-refractivity contribution is 9.10. The number of nitrogens with zero attached hydrogens (tertiary/aromatic N) is 2. The van der Waals surface area contributed by atoms with Gasteiger partial charge in [0.1, 0.15) is 18.0 Å². The molecule has 3 aromatic carbocycles. The standard InChI is InChI=1S/C22H16BrN3O3/c23-15-5-9-17(10-6-15)29-18-11-7-16(8-12-18)25-21(27)14-26-20-4-2-1-3-19(20)24-13-22(26)28/h1-13H,14H2,(H,25,27). The van der Waals surface area contributed by atoms with E-state index < -0.39 is 0 Å². The van der Waals surface area contributed by atoms with E-state index in [0.717, 1.165) is 4.47 Å². The molecule has 1 heterocycles. The van der Waals surface area contributed by atoms with Crippen molar-refractivity contribution in [1.82, 2.24) is 9.55 Å². The van der Waals surface area contributed by atoms with Crippen molar-refractivity contribution in [1.29, 1.82) is 0 Å². The summed E-state index contributed by atoms with van der Waals surface area (Å²) in [6, 6.07) is 21.8. The van der Waals surface area contributed by atoms with Crippen LogP contribution in [0.4, 0.5) is 5.69 Å². The number of amides is 1. The minimum absolute atomic E-state index is 0.0982. The van der Waals surface area contributed by atoms with Crippen molar-refractivity contribution in [3.63, 3.8) is 0 Å². The number of fused-ring (bicyclic) bond motifs is 1. The van der Waals surface area contributed by atoms with Gasteiger partial charge in [-0.15, -0.1) is 0 Å². The Hall–Kier alpha value is -3.45. The molecule has 144 valence electrons. The number of para-hydroxylation sites is 2. The third-order valence-electron chi connectivity index (χ3n) is 4.24. The summed E-state index contributed by atoms with van der Waals surface area (Å²) in [7, 11) is 0. The molecule has 0 radical (unpaired) electrons. The first kappa shape index (κ1) is 18.9. The van der Waals surface area contributed by atoms with Crippen molar-refractivity contribution >= 4 is 38.6 Å². The number of anilines is 1. The molecule has 6 nitrogen and oxygen atoms in total. The average molecular weight is 450 g/mol. The van der Waals surface area contributed by atoms with E-state index >= 15 is 0 Å². The van der Waals surface area contributed by atoms with Crippen molar-refractivity contribution in [2.24, 2.45) is 0 Å². The number of rotatable bonds is 5. The summed E-state index contributed by atoms with van der Waals surface area (Å²) in [5.41, 5.74) is 1.57. The van der Waals surface area contributed by atoms with Crippen molar-refractivity contribution in [3.05, 3.63) is 93.8 Å². The van der Waals surface area contributed by atoms with Gasteiger partial charge < -0.3 is 10.1 Å². The van der Waals surface area contributed by atoms with Crippen LogP contribution in [0.5, 0.6) is 11.5 Å². The van der Waals surface area contributed by atoms with E-state index in [0.29, 0.717) is 28.2 Å². The van der Waals surface area contributed by atoms with E-state index in [2.05, 4.69) is 26.2 Å². The lowest BCUT2D eigenvalue weighted by atomic mass is 10.3. The van der Waals surface area contributed by atoms with Gasteiger partial charge in [0.15, 0.2) is 0 Å². The Morgan fingerprint density at radius 3 is 2.34 bits per heavy atom. The van der Waals surface area contributed by atoms with Crippen molar-refractivity contribution in [3.8, 4) is 11.5 Å².